The second-order valence-corrected chi connectivity index (χ2v) is 5.61. The number of rotatable bonds is 5. The molecule has 2 rings (SSSR count). The first-order chi connectivity index (χ1) is 9.61. The number of hydrogen-bond acceptors (Lipinski definition) is 1. The van der Waals surface area contributed by atoms with Gasteiger partial charge >= 0.3 is 0 Å². The standard InChI is InChI=1S/C17H16BrFO/c1-2-3-4-12-5-7-13(8-6-12)17(20)15-10-9-14(19)11-16(15)18/h5-11H,2-4H2,1H3. The van der Waals surface area contributed by atoms with E-state index in [1.54, 1.807) is 0 Å². The predicted octanol–water partition coefficient (Wildman–Crippen LogP) is 5.16. The van der Waals surface area contributed by atoms with Crippen molar-refractivity contribution in [2.45, 2.75) is 26.2 Å². The lowest BCUT2D eigenvalue weighted by Crippen LogP contribution is -2.03. The van der Waals surface area contributed by atoms with Crippen LogP contribution in [0.3, 0.4) is 0 Å². The fourth-order valence-electron chi connectivity index (χ4n) is 2.03. The van der Waals surface area contributed by atoms with Crippen LogP contribution in [0, 0.1) is 5.82 Å². The van der Waals surface area contributed by atoms with Crippen LogP contribution in [0.2, 0.25) is 0 Å². The van der Waals surface area contributed by atoms with Gasteiger partial charge in [-0.1, -0.05) is 37.6 Å². The van der Waals surface area contributed by atoms with Crippen LogP contribution in [0.5, 0.6) is 0 Å². The number of carbonyl (C=O) groups is 1. The van der Waals surface area contributed by atoms with Gasteiger partial charge in [0.1, 0.15) is 5.82 Å². The second kappa shape index (κ2) is 6.80. The molecule has 20 heavy (non-hydrogen) atoms. The van der Waals surface area contributed by atoms with Gasteiger partial charge in [0.25, 0.3) is 0 Å². The molecular weight excluding hydrogens is 319 g/mol. The zero-order valence-corrected chi connectivity index (χ0v) is 12.9. The first-order valence-electron chi connectivity index (χ1n) is 6.70. The van der Waals surface area contributed by atoms with Crippen molar-refractivity contribution in [2.75, 3.05) is 0 Å². The molecule has 2 aromatic rings. The van der Waals surface area contributed by atoms with E-state index in [0.717, 1.165) is 19.3 Å². The minimum atomic E-state index is -0.358. The molecule has 0 amide bonds. The molecule has 0 spiro atoms. The second-order valence-electron chi connectivity index (χ2n) is 4.75. The van der Waals surface area contributed by atoms with Crippen molar-refractivity contribution in [1.29, 1.82) is 0 Å². The van der Waals surface area contributed by atoms with E-state index in [-0.39, 0.29) is 11.6 Å². The average molecular weight is 335 g/mol. The molecule has 0 aliphatic carbocycles. The first kappa shape index (κ1) is 14.9. The summed E-state index contributed by atoms with van der Waals surface area (Å²) in [5, 5.41) is 0. The number of unbranched alkanes of at least 4 members (excludes halogenated alkanes) is 1. The zero-order chi connectivity index (χ0) is 14.5. The lowest BCUT2D eigenvalue weighted by molar-refractivity contribution is 0.103. The number of hydrogen-bond donors (Lipinski definition) is 0. The minimum Gasteiger partial charge on any atom is -0.289 e. The Morgan fingerprint density at radius 2 is 1.85 bits per heavy atom. The van der Waals surface area contributed by atoms with Gasteiger partial charge in [-0.2, -0.15) is 0 Å². The summed E-state index contributed by atoms with van der Waals surface area (Å²) < 4.78 is 13.5. The monoisotopic (exact) mass is 334 g/mol. The van der Waals surface area contributed by atoms with Crippen molar-refractivity contribution >= 4 is 21.7 Å². The summed E-state index contributed by atoms with van der Waals surface area (Å²) >= 11 is 3.23. The molecule has 3 heteroatoms. The fourth-order valence-corrected chi connectivity index (χ4v) is 2.56. The van der Waals surface area contributed by atoms with Gasteiger partial charge in [-0.05, 0) is 52.5 Å². The Morgan fingerprint density at radius 3 is 2.45 bits per heavy atom. The van der Waals surface area contributed by atoms with Gasteiger partial charge in [-0.3, -0.25) is 4.79 Å². The predicted molar refractivity (Wildman–Crippen MR) is 82.6 cm³/mol. The highest BCUT2D eigenvalue weighted by Gasteiger charge is 2.13. The van der Waals surface area contributed by atoms with Crippen LogP contribution in [0.25, 0.3) is 0 Å². The summed E-state index contributed by atoms with van der Waals surface area (Å²) in [6.07, 6.45) is 3.34. The van der Waals surface area contributed by atoms with Crippen molar-refractivity contribution in [2.24, 2.45) is 0 Å². The molecule has 0 bridgehead atoms. The quantitative estimate of drug-likeness (QED) is 0.690. The van der Waals surface area contributed by atoms with Crippen LogP contribution in [-0.4, -0.2) is 5.78 Å². The topological polar surface area (TPSA) is 17.1 Å². The maximum atomic E-state index is 13.0. The van der Waals surface area contributed by atoms with E-state index in [1.165, 1.54) is 23.8 Å². The summed E-state index contributed by atoms with van der Waals surface area (Å²) in [4.78, 5) is 12.4. The molecular formula is C17H16BrFO. The van der Waals surface area contributed by atoms with Crippen molar-refractivity contribution in [3.8, 4) is 0 Å². The maximum absolute atomic E-state index is 13.0. The SMILES string of the molecule is CCCCc1ccc(C(=O)c2ccc(F)cc2Br)cc1. The van der Waals surface area contributed by atoms with Crippen LogP contribution in [0.1, 0.15) is 41.3 Å². The third-order valence-electron chi connectivity index (χ3n) is 3.21. The lowest BCUT2D eigenvalue weighted by atomic mass is 10.0. The van der Waals surface area contributed by atoms with Gasteiger partial charge in [-0.25, -0.2) is 4.39 Å². The molecule has 0 saturated carbocycles. The van der Waals surface area contributed by atoms with Crippen LogP contribution in [-0.2, 0) is 6.42 Å². The summed E-state index contributed by atoms with van der Waals surface area (Å²) in [7, 11) is 0. The molecule has 0 atom stereocenters. The highest BCUT2D eigenvalue weighted by molar-refractivity contribution is 9.10. The Labute approximate surface area is 127 Å². The van der Waals surface area contributed by atoms with Crippen LogP contribution in [0.4, 0.5) is 4.39 Å². The molecule has 0 aromatic heterocycles. The highest BCUT2D eigenvalue weighted by atomic mass is 79.9. The largest absolute Gasteiger partial charge is 0.289 e. The Balaban J connectivity index is 2.20. The zero-order valence-electron chi connectivity index (χ0n) is 11.3. The molecule has 104 valence electrons. The number of aryl methyl sites for hydroxylation is 1. The molecule has 0 N–H and O–H groups in total. The van der Waals surface area contributed by atoms with Gasteiger partial charge in [0.05, 0.1) is 0 Å². The molecule has 0 aliphatic heterocycles. The summed E-state index contributed by atoms with van der Waals surface area (Å²) in [6.45, 7) is 2.16. The van der Waals surface area contributed by atoms with Gasteiger partial charge in [0.15, 0.2) is 5.78 Å². The maximum Gasteiger partial charge on any atom is 0.194 e. The third-order valence-corrected chi connectivity index (χ3v) is 3.87. The molecule has 2 aromatic carbocycles. The number of ketones is 1. The van der Waals surface area contributed by atoms with Gasteiger partial charge < -0.3 is 0 Å². The fraction of sp³-hybridized carbons (Fsp3) is 0.235. The Morgan fingerprint density at radius 1 is 1.15 bits per heavy atom. The first-order valence-corrected chi connectivity index (χ1v) is 7.50. The van der Waals surface area contributed by atoms with Crippen LogP contribution < -0.4 is 0 Å². The van der Waals surface area contributed by atoms with E-state index >= 15 is 0 Å². The van der Waals surface area contributed by atoms with Crippen LogP contribution in [0.15, 0.2) is 46.9 Å². The minimum absolute atomic E-state index is 0.0982. The molecule has 0 unspecified atom stereocenters. The number of carbonyl (C=O) groups excluding carboxylic acids is 1. The van der Waals surface area contributed by atoms with E-state index in [1.807, 2.05) is 24.3 Å². The molecule has 0 saturated heterocycles. The smallest absolute Gasteiger partial charge is 0.194 e. The van der Waals surface area contributed by atoms with E-state index < -0.39 is 0 Å². The van der Waals surface area contributed by atoms with Gasteiger partial charge in [0, 0.05) is 15.6 Å². The van der Waals surface area contributed by atoms with Gasteiger partial charge in [-0.15, -0.1) is 0 Å². The van der Waals surface area contributed by atoms with E-state index in [0.29, 0.717) is 15.6 Å². The van der Waals surface area contributed by atoms with Crippen LogP contribution >= 0.6 is 15.9 Å². The summed E-state index contributed by atoms with van der Waals surface area (Å²) in [6, 6.07) is 11.8. The number of benzene rings is 2. The Kier molecular flexibility index (Phi) is 5.07. The highest BCUT2D eigenvalue weighted by Crippen LogP contribution is 2.21. The Hall–Kier alpha value is -1.48. The van der Waals surface area contributed by atoms with Crippen molar-refractivity contribution in [3.63, 3.8) is 0 Å². The van der Waals surface area contributed by atoms with Crippen molar-refractivity contribution < 1.29 is 9.18 Å². The van der Waals surface area contributed by atoms with Gasteiger partial charge in [0.2, 0.25) is 0 Å². The van der Waals surface area contributed by atoms with Crippen molar-refractivity contribution in [1.82, 2.24) is 0 Å². The van der Waals surface area contributed by atoms with E-state index in [4.69, 9.17) is 0 Å². The van der Waals surface area contributed by atoms with E-state index in [2.05, 4.69) is 22.9 Å². The molecule has 0 fully saturated rings. The molecule has 0 aliphatic rings. The van der Waals surface area contributed by atoms with E-state index in [9.17, 15) is 9.18 Å². The Bertz CT molecular complexity index is 605. The molecule has 0 heterocycles. The molecule has 1 nitrogen and oxygen atoms in total. The van der Waals surface area contributed by atoms with Crippen molar-refractivity contribution in [3.05, 3.63) is 69.4 Å². The third kappa shape index (κ3) is 3.54. The number of halogens is 2. The normalized spacial score (nSPS) is 10.6. The summed E-state index contributed by atoms with van der Waals surface area (Å²) in [5.74, 6) is -0.456. The lowest BCUT2D eigenvalue weighted by Gasteiger charge is -2.05. The summed E-state index contributed by atoms with van der Waals surface area (Å²) in [5.41, 5.74) is 2.34. The molecule has 0 radical (unpaired) electrons. The average Bonchev–Trinajstić information content (AvgIpc) is 2.45.